The first-order valence-corrected chi connectivity index (χ1v) is 9.26. The van der Waals surface area contributed by atoms with Gasteiger partial charge in [0, 0.05) is 15.8 Å². The third kappa shape index (κ3) is 4.56. The summed E-state index contributed by atoms with van der Waals surface area (Å²) in [4.78, 5) is 17.7. The number of anilines is 1. The number of nitrogens with zero attached hydrogens (tertiary/aromatic N) is 1. The van der Waals surface area contributed by atoms with E-state index < -0.39 is 6.04 Å². The molecule has 0 unspecified atom stereocenters. The monoisotopic (exact) mass is 335 g/mol. The van der Waals surface area contributed by atoms with Gasteiger partial charge in [0.15, 0.2) is 5.13 Å². The maximum Gasteiger partial charge on any atom is 0.243 e. The maximum atomic E-state index is 12.0. The van der Waals surface area contributed by atoms with E-state index in [4.69, 9.17) is 5.73 Å². The van der Waals surface area contributed by atoms with E-state index >= 15 is 0 Å². The largest absolute Gasteiger partial charge is 0.320 e. The SMILES string of the molecule is CSc1ccc(-c2csc(NC(=O)[C@@H](N)CC(C)C)n2)cc1. The van der Waals surface area contributed by atoms with E-state index in [1.54, 1.807) is 11.8 Å². The van der Waals surface area contributed by atoms with Crippen LogP contribution in [0.5, 0.6) is 0 Å². The molecule has 22 heavy (non-hydrogen) atoms. The maximum absolute atomic E-state index is 12.0. The Labute approximate surface area is 139 Å². The van der Waals surface area contributed by atoms with Gasteiger partial charge in [0.2, 0.25) is 5.91 Å². The lowest BCUT2D eigenvalue weighted by Crippen LogP contribution is -2.36. The molecular weight excluding hydrogens is 314 g/mol. The van der Waals surface area contributed by atoms with Gasteiger partial charge in [-0.3, -0.25) is 4.79 Å². The molecule has 1 heterocycles. The van der Waals surface area contributed by atoms with Gasteiger partial charge < -0.3 is 11.1 Å². The molecule has 118 valence electrons. The van der Waals surface area contributed by atoms with Gasteiger partial charge in [-0.2, -0.15) is 0 Å². The lowest BCUT2D eigenvalue weighted by molar-refractivity contribution is -0.117. The zero-order chi connectivity index (χ0) is 16.1. The van der Waals surface area contributed by atoms with Gasteiger partial charge in [-0.25, -0.2) is 4.98 Å². The van der Waals surface area contributed by atoms with Gasteiger partial charge in [-0.15, -0.1) is 23.1 Å². The fourth-order valence-electron chi connectivity index (χ4n) is 2.04. The molecule has 0 fully saturated rings. The van der Waals surface area contributed by atoms with Crippen LogP contribution in [-0.2, 0) is 4.79 Å². The van der Waals surface area contributed by atoms with Crippen molar-refractivity contribution >= 4 is 34.1 Å². The highest BCUT2D eigenvalue weighted by Crippen LogP contribution is 2.26. The molecule has 2 aromatic rings. The molecule has 2 rings (SSSR count). The Bertz CT molecular complexity index is 623. The molecule has 1 atom stereocenters. The number of hydrogen-bond acceptors (Lipinski definition) is 5. The summed E-state index contributed by atoms with van der Waals surface area (Å²) in [5.74, 6) is 0.217. The van der Waals surface area contributed by atoms with Crippen molar-refractivity contribution in [2.24, 2.45) is 11.7 Å². The summed E-state index contributed by atoms with van der Waals surface area (Å²) in [5.41, 5.74) is 7.79. The molecule has 6 heteroatoms. The minimum Gasteiger partial charge on any atom is -0.320 e. The molecule has 1 aromatic heterocycles. The molecule has 1 amide bonds. The fraction of sp³-hybridized carbons (Fsp3) is 0.375. The number of nitrogens with one attached hydrogen (secondary N) is 1. The van der Waals surface area contributed by atoms with Crippen LogP contribution in [0.15, 0.2) is 34.5 Å². The second kappa shape index (κ2) is 7.76. The molecule has 0 bridgehead atoms. The van der Waals surface area contributed by atoms with Crippen molar-refractivity contribution in [3.05, 3.63) is 29.6 Å². The predicted octanol–water partition coefficient (Wildman–Crippen LogP) is 3.84. The van der Waals surface area contributed by atoms with Gasteiger partial charge in [0.1, 0.15) is 0 Å². The zero-order valence-electron chi connectivity index (χ0n) is 13.0. The van der Waals surface area contributed by atoms with Crippen LogP contribution in [0.3, 0.4) is 0 Å². The van der Waals surface area contributed by atoms with Crippen molar-refractivity contribution < 1.29 is 4.79 Å². The van der Waals surface area contributed by atoms with Crippen LogP contribution in [0.4, 0.5) is 5.13 Å². The van der Waals surface area contributed by atoms with Crippen LogP contribution in [0.2, 0.25) is 0 Å². The summed E-state index contributed by atoms with van der Waals surface area (Å²) in [6, 6.07) is 7.72. The number of carbonyl (C=O) groups is 1. The summed E-state index contributed by atoms with van der Waals surface area (Å²) in [7, 11) is 0. The fourth-order valence-corrected chi connectivity index (χ4v) is 3.17. The summed E-state index contributed by atoms with van der Waals surface area (Å²) in [5, 5.41) is 5.33. The van der Waals surface area contributed by atoms with E-state index in [9.17, 15) is 4.79 Å². The van der Waals surface area contributed by atoms with Crippen molar-refractivity contribution in [2.45, 2.75) is 31.2 Å². The number of amides is 1. The standard InChI is InChI=1S/C16H21N3OS2/c1-10(2)8-13(17)15(20)19-16-18-14(9-22-16)11-4-6-12(21-3)7-5-11/h4-7,9-10,13H,8,17H2,1-3H3,(H,18,19,20)/t13-/m0/s1. The number of thiazole rings is 1. The molecule has 0 spiro atoms. The van der Waals surface area contributed by atoms with Crippen molar-refractivity contribution in [1.82, 2.24) is 4.98 Å². The number of carbonyl (C=O) groups excluding carboxylic acids is 1. The van der Waals surface area contributed by atoms with Crippen LogP contribution in [-0.4, -0.2) is 23.2 Å². The lowest BCUT2D eigenvalue weighted by Gasteiger charge is -2.12. The van der Waals surface area contributed by atoms with Gasteiger partial charge in [0.05, 0.1) is 11.7 Å². The summed E-state index contributed by atoms with van der Waals surface area (Å²) >= 11 is 3.12. The Hall–Kier alpha value is -1.37. The quantitative estimate of drug-likeness (QED) is 0.787. The van der Waals surface area contributed by atoms with Crippen LogP contribution in [0.1, 0.15) is 20.3 Å². The molecule has 0 aliphatic rings. The number of aromatic nitrogens is 1. The van der Waals surface area contributed by atoms with E-state index in [-0.39, 0.29) is 5.91 Å². The van der Waals surface area contributed by atoms with E-state index in [2.05, 4.69) is 22.4 Å². The molecule has 0 aliphatic heterocycles. The molecule has 3 N–H and O–H groups in total. The first-order chi connectivity index (χ1) is 10.5. The van der Waals surface area contributed by atoms with E-state index in [1.165, 1.54) is 16.2 Å². The highest BCUT2D eigenvalue weighted by atomic mass is 32.2. The summed E-state index contributed by atoms with van der Waals surface area (Å²) in [6.45, 7) is 4.10. The highest BCUT2D eigenvalue weighted by Gasteiger charge is 2.16. The van der Waals surface area contributed by atoms with Crippen molar-refractivity contribution in [1.29, 1.82) is 0 Å². The Morgan fingerprint density at radius 3 is 2.64 bits per heavy atom. The summed E-state index contributed by atoms with van der Waals surface area (Å²) in [6.07, 6.45) is 2.71. The number of thioether (sulfide) groups is 1. The number of benzene rings is 1. The Balaban J connectivity index is 2.03. The molecule has 4 nitrogen and oxygen atoms in total. The Morgan fingerprint density at radius 1 is 1.36 bits per heavy atom. The van der Waals surface area contributed by atoms with Gasteiger partial charge >= 0.3 is 0 Å². The molecule has 0 radical (unpaired) electrons. The van der Waals surface area contributed by atoms with E-state index in [0.717, 1.165) is 11.3 Å². The minimum absolute atomic E-state index is 0.174. The zero-order valence-corrected chi connectivity index (χ0v) is 14.6. The molecular formula is C16H21N3OS2. The normalized spacial score (nSPS) is 12.4. The van der Waals surface area contributed by atoms with Crippen LogP contribution < -0.4 is 11.1 Å². The van der Waals surface area contributed by atoms with Crippen LogP contribution in [0, 0.1) is 5.92 Å². The average molecular weight is 335 g/mol. The number of hydrogen-bond donors (Lipinski definition) is 2. The van der Waals surface area contributed by atoms with Crippen LogP contribution in [0.25, 0.3) is 11.3 Å². The summed E-state index contributed by atoms with van der Waals surface area (Å²) < 4.78 is 0. The third-order valence-electron chi connectivity index (χ3n) is 3.18. The van der Waals surface area contributed by atoms with Crippen LogP contribution >= 0.6 is 23.1 Å². The molecule has 0 aliphatic carbocycles. The van der Waals surface area contributed by atoms with Crippen molar-refractivity contribution in [3.63, 3.8) is 0 Å². The number of rotatable bonds is 6. The second-order valence-electron chi connectivity index (χ2n) is 5.49. The average Bonchev–Trinajstić information content (AvgIpc) is 2.95. The van der Waals surface area contributed by atoms with E-state index in [0.29, 0.717) is 17.5 Å². The second-order valence-corrected chi connectivity index (χ2v) is 7.23. The smallest absolute Gasteiger partial charge is 0.243 e. The van der Waals surface area contributed by atoms with Gasteiger partial charge in [-0.1, -0.05) is 26.0 Å². The van der Waals surface area contributed by atoms with Gasteiger partial charge in [-0.05, 0) is 30.7 Å². The molecule has 0 saturated carbocycles. The minimum atomic E-state index is -0.492. The molecule has 0 saturated heterocycles. The first kappa shape index (κ1) is 17.0. The first-order valence-electron chi connectivity index (χ1n) is 7.16. The highest BCUT2D eigenvalue weighted by molar-refractivity contribution is 7.98. The third-order valence-corrected chi connectivity index (χ3v) is 4.68. The lowest BCUT2D eigenvalue weighted by atomic mass is 10.0. The predicted molar refractivity (Wildman–Crippen MR) is 95.4 cm³/mol. The van der Waals surface area contributed by atoms with E-state index in [1.807, 2.05) is 37.6 Å². The Morgan fingerprint density at radius 2 is 2.05 bits per heavy atom. The van der Waals surface area contributed by atoms with Crippen molar-refractivity contribution in [2.75, 3.05) is 11.6 Å². The number of nitrogens with two attached hydrogens (primary N) is 1. The van der Waals surface area contributed by atoms with Crippen molar-refractivity contribution in [3.8, 4) is 11.3 Å². The Kier molecular flexibility index (Phi) is 5.99. The van der Waals surface area contributed by atoms with Gasteiger partial charge in [0.25, 0.3) is 0 Å². The molecule has 1 aromatic carbocycles. The topological polar surface area (TPSA) is 68.0 Å².